The fourth-order valence-corrected chi connectivity index (χ4v) is 2.33. The number of carbonyl (C=O) groups is 2. The Bertz CT molecular complexity index is 643. The average molecular weight is 309 g/mol. The molecule has 0 bridgehead atoms. The maximum atomic E-state index is 11.6. The number of halogens is 2. The average Bonchev–Trinajstić information content (AvgIpc) is 2.37. The molecule has 0 amide bonds. The van der Waals surface area contributed by atoms with Crippen molar-refractivity contribution in [2.75, 3.05) is 0 Å². The minimum Gasteiger partial charge on any atom is -0.481 e. The van der Waals surface area contributed by atoms with Crippen LogP contribution in [0.4, 0.5) is 0 Å². The summed E-state index contributed by atoms with van der Waals surface area (Å²) >= 11 is 11.9. The van der Waals surface area contributed by atoms with E-state index < -0.39 is 18.2 Å². The normalized spacial score (nSPS) is 10.3. The molecule has 20 heavy (non-hydrogen) atoms. The van der Waals surface area contributed by atoms with Gasteiger partial charge in [0, 0.05) is 15.6 Å². The van der Waals surface area contributed by atoms with Gasteiger partial charge < -0.3 is 5.11 Å². The number of hydrogen-bond acceptors (Lipinski definition) is 2. The molecule has 3 nitrogen and oxygen atoms in total. The van der Waals surface area contributed by atoms with Gasteiger partial charge in [-0.3, -0.25) is 9.59 Å². The smallest absolute Gasteiger partial charge is 0.311 e. The predicted molar refractivity (Wildman–Crippen MR) is 78.5 cm³/mol. The summed E-state index contributed by atoms with van der Waals surface area (Å²) < 4.78 is 0. The maximum absolute atomic E-state index is 11.6. The van der Waals surface area contributed by atoms with Crippen LogP contribution < -0.4 is 0 Å². The van der Waals surface area contributed by atoms with E-state index in [9.17, 15) is 9.59 Å². The number of carboxylic acid groups (broad SMARTS) is 1. The molecule has 0 heterocycles. The zero-order valence-electron chi connectivity index (χ0n) is 10.3. The fourth-order valence-electron chi connectivity index (χ4n) is 1.81. The quantitative estimate of drug-likeness (QED) is 0.676. The largest absolute Gasteiger partial charge is 0.481 e. The van der Waals surface area contributed by atoms with Crippen molar-refractivity contribution in [1.29, 1.82) is 0 Å². The summed E-state index contributed by atoms with van der Waals surface area (Å²) in [5.41, 5.74) is 2.05. The van der Waals surface area contributed by atoms with Crippen LogP contribution in [0.3, 0.4) is 0 Å². The van der Waals surface area contributed by atoms with E-state index in [1.165, 1.54) is 0 Å². The van der Waals surface area contributed by atoms with Crippen molar-refractivity contribution < 1.29 is 14.7 Å². The van der Waals surface area contributed by atoms with Gasteiger partial charge >= 0.3 is 5.97 Å². The lowest BCUT2D eigenvalue weighted by Gasteiger charge is -2.05. The molecule has 0 saturated carbocycles. The van der Waals surface area contributed by atoms with Gasteiger partial charge in [-0.15, -0.1) is 0 Å². The molecule has 0 saturated heterocycles. The van der Waals surface area contributed by atoms with Crippen molar-refractivity contribution in [2.45, 2.75) is 6.42 Å². The summed E-state index contributed by atoms with van der Waals surface area (Å²) in [5.74, 6) is -1.56. The molecule has 0 unspecified atom stereocenters. The molecule has 102 valence electrons. The first kappa shape index (κ1) is 14.6. The molecule has 0 aliphatic rings. The zero-order chi connectivity index (χ0) is 14.7. The highest BCUT2D eigenvalue weighted by molar-refractivity contribution is 6.35. The maximum Gasteiger partial charge on any atom is 0.311 e. The van der Waals surface area contributed by atoms with Crippen molar-refractivity contribution in [1.82, 2.24) is 0 Å². The minimum atomic E-state index is -1.14. The Kier molecular flexibility index (Phi) is 4.42. The molecule has 0 atom stereocenters. The van der Waals surface area contributed by atoms with E-state index >= 15 is 0 Å². The van der Waals surface area contributed by atoms with E-state index in [2.05, 4.69) is 0 Å². The van der Waals surface area contributed by atoms with E-state index in [1.54, 1.807) is 42.5 Å². The van der Waals surface area contributed by atoms with Gasteiger partial charge in [0.15, 0.2) is 5.78 Å². The predicted octanol–water partition coefficient (Wildman–Crippen LogP) is 4.32. The van der Waals surface area contributed by atoms with E-state index in [0.717, 1.165) is 11.1 Å². The SMILES string of the molecule is O=C(O)CC(=O)c1ccc(-c2cc(Cl)cc(Cl)c2)cc1. The third-order valence-corrected chi connectivity index (χ3v) is 3.15. The van der Waals surface area contributed by atoms with Crippen LogP contribution in [0.5, 0.6) is 0 Å². The molecule has 2 aromatic carbocycles. The van der Waals surface area contributed by atoms with Crippen molar-refractivity contribution in [3.05, 3.63) is 58.1 Å². The van der Waals surface area contributed by atoms with E-state index in [4.69, 9.17) is 28.3 Å². The van der Waals surface area contributed by atoms with Gasteiger partial charge in [-0.2, -0.15) is 0 Å². The fraction of sp³-hybridized carbons (Fsp3) is 0.0667. The Morgan fingerprint density at radius 1 is 0.900 bits per heavy atom. The number of ketones is 1. The van der Waals surface area contributed by atoms with Gasteiger partial charge in [0.05, 0.1) is 0 Å². The summed E-state index contributed by atoms with van der Waals surface area (Å²) in [6.45, 7) is 0. The van der Waals surface area contributed by atoms with E-state index in [1.807, 2.05) is 0 Å². The Morgan fingerprint density at radius 2 is 1.45 bits per heavy atom. The van der Waals surface area contributed by atoms with E-state index in [0.29, 0.717) is 15.6 Å². The minimum absolute atomic E-state index is 0.365. The van der Waals surface area contributed by atoms with E-state index in [-0.39, 0.29) is 0 Å². The molecule has 2 rings (SSSR count). The van der Waals surface area contributed by atoms with Gasteiger partial charge in [-0.1, -0.05) is 47.5 Å². The van der Waals surface area contributed by atoms with Crippen LogP contribution in [-0.4, -0.2) is 16.9 Å². The van der Waals surface area contributed by atoms with Crippen molar-refractivity contribution >= 4 is 35.0 Å². The molecule has 0 fully saturated rings. The van der Waals surface area contributed by atoms with Gasteiger partial charge in [0.25, 0.3) is 0 Å². The number of benzene rings is 2. The second kappa shape index (κ2) is 6.07. The third kappa shape index (κ3) is 3.59. The Hall–Kier alpha value is -1.84. The van der Waals surface area contributed by atoms with Gasteiger partial charge in [-0.25, -0.2) is 0 Å². The number of aliphatic carboxylic acids is 1. The molecule has 0 aromatic heterocycles. The van der Waals surface area contributed by atoms with Crippen molar-refractivity contribution in [3.63, 3.8) is 0 Å². The van der Waals surface area contributed by atoms with Gasteiger partial charge in [-0.05, 0) is 29.3 Å². The monoisotopic (exact) mass is 308 g/mol. The molecule has 0 spiro atoms. The third-order valence-electron chi connectivity index (χ3n) is 2.71. The summed E-state index contributed by atoms with van der Waals surface area (Å²) in [4.78, 5) is 22.1. The summed E-state index contributed by atoms with van der Waals surface area (Å²) in [6, 6.07) is 11.8. The number of Topliss-reactive ketones (excluding diaryl/α,β-unsaturated/α-hetero) is 1. The molecule has 0 aliphatic carbocycles. The molecule has 2 aromatic rings. The molecule has 0 radical (unpaired) electrons. The first-order valence-corrected chi connectivity index (χ1v) is 6.53. The molecule has 0 aliphatic heterocycles. The second-order valence-electron chi connectivity index (χ2n) is 4.23. The van der Waals surface area contributed by atoms with Crippen LogP contribution in [0.15, 0.2) is 42.5 Å². The highest BCUT2D eigenvalue weighted by Crippen LogP contribution is 2.27. The standard InChI is InChI=1S/C15H10Cl2O3/c16-12-5-11(6-13(17)7-12)9-1-3-10(4-2-9)14(18)8-15(19)20/h1-7H,8H2,(H,19,20). The topological polar surface area (TPSA) is 54.4 Å². The first-order valence-electron chi connectivity index (χ1n) is 5.77. The molecular formula is C15H10Cl2O3. The second-order valence-corrected chi connectivity index (χ2v) is 5.10. The lowest BCUT2D eigenvalue weighted by molar-refractivity contribution is -0.135. The van der Waals surface area contributed by atoms with Crippen LogP contribution in [0, 0.1) is 0 Å². The van der Waals surface area contributed by atoms with Crippen LogP contribution in [0.25, 0.3) is 11.1 Å². The number of rotatable bonds is 4. The number of carbonyl (C=O) groups excluding carboxylic acids is 1. The van der Waals surface area contributed by atoms with Crippen molar-refractivity contribution in [2.24, 2.45) is 0 Å². The van der Waals surface area contributed by atoms with Gasteiger partial charge in [0.2, 0.25) is 0 Å². The first-order chi connectivity index (χ1) is 9.45. The zero-order valence-corrected chi connectivity index (χ0v) is 11.8. The van der Waals surface area contributed by atoms with Crippen LogP contribution in [0.1, 0.15) is 16.8 Å². The molecule has 5 heteroatoms. The van der Waals surface area contributed by atoms with Gasteiger partial charge in [0.1, 0.15) is 6.42 Å². The van der Waals surface area contributed by atoms with Crippen LogP contribution in [-0.2, 0) is 4.79 Å². The summed E-state index contributed by atoms with van der Waals surface area (Å²) in [6.07, 6.45) is -0.512. The van der Waals surface area contributed by atoms with Crippen molar-refractivity contribution in [3.8, 4) is 11.1 Å². The summed E-state index contributed by atoms with van der Waals surface area (Å²) in [5, 5.41) is 9.64. The number of carboxylic acids is 1. The molecule has 1 N–H and O–H groups in total. The molecular weight excluding hydrogens is 299 g/mol. The highest BCUT2D eigenvalue weighted by atomic mass is 35.5. The van der Waals surface area contributed by atoms with Crippen LogP contribution >= 0.6 is 23.2 Å². The Morgan fingerprint density at radius 3 is 1.95 bits per heavy atom. The lowest BCUT2D eigenvalue weighted by Crippen LogP contribution is -2.06. The highest BCUT2D eigenvalue weighted by Gasteiger charge is 2.10. The lowest BCUT2D eigenvalue weighted by atomic mass is 10.0. The summed E-state index contributed by atoms with van der Waals surface area (Å²) in [7, 11) is 0. The Labute approximate surface area is 125 Å². The number of hydrogen-bond donors (Lipinski definition) is 1. The Balaban J connectivity index is 2.28. The van der Waals surface area contributed by atoms with Crippen LogP contribution in [0.2, 0.25) is 10.0 Å².